The Hall–Kier alpha value is -1.75. The van der Waals surface area contributed by atoms with Crippen LogP contribution in [0.2, 0.25) is 10.0 Å². The van der Waals surface area contributed by atoms with Crippen LogP contribution in [0.4, 0.5) is 11.4 Å². The van der Waals surface area contributed by atoms with Gasteiger partial charge in [-0.2, -0.15) is 0 Å². The van der Waals surface area contributed by atoms with Gasteiger partial charge in [-0.05, 0) is 42.0 Å². The van der Waals surface area contributed by atoms with Crippen LogP contribution in [-0.4, -0.2) is 17.6 Å². The third kappa shape index (κ3) is 4.93. The molecule has 0 unspecified atom stereocenters. The van der Waals surface area contributed by atoms with Crippen LogP contribution in [0.1, 0.15) is 5.56 Å². The molecule has 2 rings (SSSR count). The van der Waals surface area contributed by atoms with Crippen molar-refractivity contribution in [2.24, 2.45) is 0 Å². The summed E-state index contributed by atoms with van der Waals surface area (Å²) in [6.45, 7) is 0.0103. The van der Waals surface area contributed by atoms with E-state index in [1.54, 1.807) is 24.3 Å². The van der Waals surface area contributed by atoms with Gasteiger partial charge in [0.25, 0.3) is 0 Å². The maximum absolute atomic E-state index is 11.1. The molecule has 0 aliphatic carbocycles. The molecule has 4 nitrogen and oxygen atoms in total. The van der Waals surface area contributed by atoms with Gasteiger partial charge < -0.3 is 15.7 Å². The number of benzene rings is 2. The number of amides is 1. The molecule has 2 aromatic carbocycles. The molecule has 2 aromatic rings. The molecule has 1 amide bonds. The summed E-state index contributed by atoms with van der Waals surface area (Å²) in [5.74, 6) is -0.450. The van der Waals surface area contributed by atoms with Crippen LogP contribution in [0.5, 0.6) is 0 Å². The molecular weight excluding hydrogens is 311 g/mol. The number of anilines is 2. The van der Waals surface area contributed by atoms with Crippen LogP contribution < -0.4 is 10.6 Å². The standard InChI is InChI=1S/C15H14Cl2N2O2/c16-11-4-10(5-12(17)6-11)8-18-13-2-1-3-14(7-13)19-15(21)9-20/h1-7,18,20H,8-9H2,(H,19,21). The number of aliphatic hydroxyl groups excluding tert-OH is 1. The fraction of sp³-hybridized carbons (Fsp3) is 0.133. The Morgan fingerprint density at radius 2 is 1.71 bits per heavy atom. The van der Waals surface area contributed by atoms with Gasteiger partial charge in [0.2, 0.25) is 5.91 Å². The summed E-state index contributed by atoms with van der Waals surface area (Å²) in [4.78, 5) is 11.1. The van der Waals surface area contributed by atoms with Crippen LogP contribution >= 0.6 is 23.2 Å². The molecule has 0 heterocycles. The molecule has 0 atom stereocenters. The second-order valence-corrected chi connectivity index (χ2v) is 5.29. The van der Waals surface area contributed by atoms with Gasteiger partial charge in [-0.3, -0.25) is 4.79 Å². The average molecular weight is 325 g/mol. The molecule has 3 N–H and O–H groups in total. The molecule has 0 saturated carbocycles. The molecule has 110 valence electrons. The predicted octanol–water partition coefficient (Wildman–Crippen LogP) is 3.54. The van der Waals surface area contributed by atoms with E-state index in [-0.39, 0.29) is 0 Å². The van der Waals surface area contributed by atoms with Crippen LogP contribution in [0.15, 0.2) is 42.5 Å². The first-order valence-corrected chi connectivity index (χ1v) is 7.02. The molecule has 0 aromatic heterocycles. The first-order chi connectivity index (χ1) is 10.1. The van der Waals surface area contributed by atoms with E-state index in [9.17, 15) is 4.79 Å². The van der Waals surface area contributed by atoms with E-state index in [4.69, 9.17) is 28.3 Å². The largest absolute Gasteiger partial charge is 0.387 e. The summed E-state index contributed by atoms with van der Waals surface area (Å²) in [6, 6.07) is 12.5. The Balaban J connectivity index is 2.02. The van der Waals surface area contributed by atoms with Gasteiger partial charge in [0.05, 0.1) is 0 Å². The SMILES string of the molecule is O=C(CO)Nc1cccc(NCc2cc(Cl)cc(Cl)c2)c1. The van der Waals surface area contributed by atoms with Gasteiger partial charge >= 0.3 is 0 Å². The first-order valence-electron chi connectivity index (χ1n) is 6.26. The Morgan fingerprint density at radius 1 is 1.05 bits per heavy atom. The van der Waals surface area contributed by atoms with Gasteiger partial charge in [0.15, 0.2) is 0 Å². The zero-order chi connectivity index (χ0) is 15.2. The number of rotatable bonds is 5. The van der Waals surface area contributed by atoms with Gasteiger partial charge in [-0.15, -0.1) is 0 Å². The monoisotopic (exact) mass is 324 g/mol. The Kier molecular flexibility index (Phi) is 5.44. The second-order valence-electron chi connectivity index (χ2n) is 4.42. The van der Waals surface area contributed by atoms with E-state index in [1.165, 1.54) is 0 Å². The molecule has 0 saturated heterocycles. The average Bonchev–Trinajstić information content (AvgIpc) is 2.44. The summed E-state index contributed by atoms with van der Waals surface area (Å²) in [5, 5.41) is 15.7. The normalized spacial score (nSPS) is 10.2. The third-order valence-electron chi connectivity index (χ3n) is 2.71. The number of hydrogen-bond acceptors (Lipinski definition) is 3. The van der Waals surface area contributed by atoms with E-state index in [1.807, 2.05) is 18.2 Å². The Morgan fingerprint density at radius 3 is 2.38 bits per heavy atom. The number of hydrogen-bond donors (Lipinski definition) is 3. The number of carbonyl (C=O) groups excluding carboxylic acids is 1. The maximum Gasteiger partial charge on any atom is 0.250 e. The number of aliphatic hydroxyl groups is 1. The van der Waals surface area contributed by atoms with Crippen LogP contribution in [-0.2, 0) is 11.3 Å². The van der Waals surface area contributed by atoms with Gasteiger partial charge in [-0.1, -0.05) is 29.3 Å². The van der Waals surface area contributed by atoms with E-state index in [2.05, 4.69) is 10.6 Å². The molecule has 0 aliphatic heterocycles. The van der Waals surface area contributed by atoms with Crippen LogP contribution in [0.25, 0.3) is 0 Å². The lowest BCUT2D eigenvalue weighted by molar-refractivity contribution is -0.118. The van der Waals surface area contributed by atoms with Crippen LogP contribution in [0, 0.1) is 0 Å². The highest BCUT2D eigenvalue weighted by atomic mass is 35.5. The number of nitrogens with one attached hydrogen (secondary N) is 2. The zero-order valence-electron chi connectivity index (χ0n) is 11.1. The lowest BCUT2D eigenvalue weighted by atomic mass is 10.2. The molecule has 21 heavy (non-hydrogen) atoms. The van der Waals surface area contributed by atoms with Crippen molar-refractivity contribution >= 4 is 40.5 Å². The Labute approximate surface area is 132 Å². The minimum absolute atomic E-state index is 0.450. The molecule has 0 radical (unpaired) electrons. The molecule has 0 aliphatic rings. The van der Waals surface area contributed by atoms with Crippen molar-refractivity contribution < 1.29 is 9.90 Å². The van der Waals surface area contributed by atoms with E-state index in [0.717, 1.165) is 11.3 Å². The minimum atomic E-state index is -0.543. The summed E-state index contributed by atoms with van der Waals surface area (Å²) >= 11 is 11.9. The molecular formula is C15H14Cl2N2O2. The van der Waals surface area contributed by atoms with Crippen LogP contribution in [0.3, 0.4) is 0 Å². The van der Waals surface area contributed by atoms with E-state index in [0.29, 0.717) is 22.3 Å². The second kappa shape index (κ2) is 7.31. The summed E-state index contributed by atoms with van der Waals surface area (Å²) < 4.78 is 0. The molecule has 6 heteroatoms. The smallest absolute Gasteiger partial charge is 0.250 e. The van der Waals surface area contributed by atoms with Gasteiger partial charge in [0.1, 0.15) is 6.61 Å². The van der Waals surface area contributed by atoms with Gasteiger partial charge in [-0.25, -0.2) is 0 Å². The van der Waals surface area contributed by atoms with Crippen molar-refractivity contribution in [3.63, 3.8) is 0 Å². The molecule has 0 bridgehead atoms. The quantitative estimate of drug-likeness (QED) is 0.788. The molecule has 0 spiro atoms. The van der Waals surface area contributed by atoms with Crippen molar-refractivity contribution in [2.75, 3.05) is 17.2 Å². The highest BCUT2D eigenvalue weighted by Gasteiger charge is 2.02. The summed E-state index contributed by atoms with van der Waals surface area (Å²) in [6.07, 6.45) is 0. The topological polar surface area (TPSA) is 61.4 Å². The van der Waals surface area contributed by atoms with Crippen molar-refractivity contribution in [1.82, 2.24) is 0 Å². The predicted molar refractivity (Wildman–Crippen MR) is 85.9 cm³/mol. The van der Waals surface area contributed by atoms with E-state index < -0.39 is 12.5 Å². The molecule has 0 fully saturated rings. The fourth-order valence-corrected chi connectivity index (χ4v) is 2.40. The summed E-state index contributed by atoms with van der Waals surface area (Å²) in [5.41, 5.74) is 2.40. The maximum atomic E-state index is 11.1. The lowest BCUT2D eigenvalue weighted by Crippen LogP contribution is -2.15. The zero-order valence-corrected chi connectivity index (χ0v) is 12.6. The van der Waals surface area contributed by atoms with Crippen molar-refractivity contribution in [1.29, 1.82) is 0 Å². The Bertz CT molecular complexity index is 627. The highest BCUT2D eigenvalue weighted by molar-refractivity contribution is 6.34. The fourth-order valence-electron chi connectivity index (χ4n) is 1.82. The minimum Gasteiger partial charge on any atom is -0.387 e. The van der Waals surface area contributed by atoms with Crippen molar-refractivity contribution in [3.05, 3.63) is 58.1 Å². The number of halogens is 2. The van der Waals surface area contributed by atoms with Crippen molar-refractivity contribution in [2.45, 2.75) is 6.54 Å². The lowest BCUT2D eigenvalue weighted by Gasteiger charge is -2.10. The number of carbonyl (C=O) groups is 1. The van der Waals surface area contributed by atoms with Gasteiger partial charge in [0, 0.05) is 28.0 Å². The first kappa shape index (κ1) is 15.6. The summed E-state index contributed by atoms with van der Waals surface area (Å²) in [7, 11) is 0. The third-order valence-corrected chi connectivity index (χ3v) is 3.15. The highest BCUT2D eigenvalue weighted by Crippen LogP contribution is 2.21. The van der Waals surface area contributed by atoms with E-state index >= 15 is 0 Å². The van der Waals surface area contributed by atoms with Crippen molar-refractivity contribution in [3.8, 4) is 0 Å².